The summed E-state index contributed by atoms with van der Waals surface area (Å²) in [7, 11) is 4.03. The normalized spacial score (nSPS) is 13.3. The molecule has 0 bridgehead atoms. The molecule has 0 spiro atoms. The molecule has 1 aromatic rings. The molecule has 0 saturated heterocycles. The van der Waals surface area contributed by atoms with Gasteiger partial charge in [0.15, 0.2) is 5.78 Å². The first kappa shape index (κ1) is 17.7. The third-order valence-corrected chi connectivity index (χ3v) is 3.26. The van der Waals surface area contributed by atoms with Crippen molar-refractivity contribution in [1.29, 1.82) is 0 Å². The van der Waals surface area contributed by atoms with Crippen LogP contribution in [0.15, 0.2) is 24.3 Å². The van der Waals surface area contributed by atoms with Crippen molar-refractivity contribution in [3.8, 4) is 5.75 Å². The van der Waals surface area contributed by atoms with Gasteiger partial charge in [-0.05, 0) is 38.2 Å². The monoisotopic (exact) mass is 292 g/mol. The van der Waals surface area contributed by atoms with Crippen LogP contribution in [0.5, 0.6) is 5.75 Å². The second-order valence-electron chi connectivity index (χ2n) is 6.72. The van der Waals surface area contributed by atoms with Gasteiger partial charge in [-0.25, -0.2) is 0 Å². The first-order valence-electron chi connectivity index (χ1n) is 7.36. The number of rotatable bonds is 7. The highest BCUT2D eigenvalue weighted by Gasteiger charge is 2.26. The van der Waals surface area contributed by atoms with E-state index in [2.05, 4.69) is 4.90 Å². The van der Waals surface area contributed by atoms with E-state index in [1.807, 2.05) is 59.1 Å². The van der Waals surface area contributed by atoms with Gasteiger partial charge in [-0.2, -0.15) is 0 Å². The number of likely N-dealkylation sites (N-methyl/N-ethyl adjacent to an activating group) is 1. The Bertz CT molecular complexity index is 447. The number of carbonyl (C=O) groups is 1. The maximum Gasteiger partial charge on any atom is 0.155 e. The Balaban J connectivity index is 2.53. The number of ketones is 1. The van der Waals surface area contributed by atoms with Crippen molar-refractivity contribution in [3.63, 3.8) is 0 Å². The van der Waals surface area contributed by atoms with Crippen LogP contribution >= 0.6 is 0 Å². The van der Waals surface area contributed by atoms with Crippen LogP contribution in [0.2, 0.25) is 0 Å². The molecular weight excluding hydrogens is 264 g/mol. The van der Waals surface area contributed by atoms with E-state index < -0.39 is 11.5 Å². The molecule has 21 heavy (non-hydrogen) atoms. The van der Waals surface area contributed by atoms with Gasteiger partial charge in [0.2, 0.25) is 0 Å². The zero-order chi connectivity index (χ0) is 16.0. The van der Waals surface area contributed by atoms with Gasteiger partial charge >= 0.3 is 0 Å². The van der Waals surface area contributed by atoms with Gasteiger partial charge in [-0.1, -0.05) is 32.9 Å². The zero-order valence-electron chi connectivity index (χ0n) is 13.8. The molecule has 4 nitrogen and oxygen atoms in total. The highest BCUT2D eigenvalue weighted by atomic mass is 16.5. The minimum absolute atomic E-state index is 0.0915. The van der Waals surface area contributed by atoms with Crippen LogP contribution in [-0.2, 0) is 11.2 Å². The molecule has 4 heteroatoms. The van der Waals surface area contributed by atoms with Gasteiger partial charge in [0.1, 0.15) is 12.4 Å². The Kier molecular flexibility index (Phi) is 6.37. The minimum atomic E-state index is -0.453. The van der Waals surface area contributed by atoms with Crippen molar-refractivity contribution < 1.29 is 9.53 Å². The predicted molar refractivity (Wildman–Crippen MR) is 86.6 cm³/mol. The zero-order valence-corrected chi connectivity index (χ0v) is 13.8. The summed E-state index contributed by atoms with van der Waals surface area (Å²) in [4.78, 5) is 14.2. The minimum Gasteiger partial charge on any atom is -0.492 e. The fourth-order valence-electron chi connectivity index (χ4n) is 1.97. The van der Waals surface area contributed by atoms with Crippen LogP contribution in [0, 0.1) is 5.41 Å². The Morgan fingerprint density at radius 2 is 1.81 bits per heavy atom. The van der Waals surface area contributed by atoms with Gasteiger partial charge in [-0.3, -0.25) is 4.79 Å². The van der Waals surface area contributed by atoms with Crippen molar-refractivity contribution in [2.45, 2.75) is 33.2 Å². The summed E-state index contributed by atoms with van der Waals surface area (Å²) in [5.41, 5.74) is 6.66. The number of carbonyl (C=O) groups excluding carboxylic acids is 1. The van der Waals surface area contributed by atoms with Gasteiger partial charge in [-0.15, -0.1) is 0 Å². The van der Waals surface area contributed by atoms with E-state index in [1.165, 1.54) is 0 Å². The lowest BCUT2D eigenvalue weighted by Crippen LogP contribution is -2.40. The van der Waals surface area contributed by atoms with Crippen LogP contribution < -0.4 is 10.5 Å². The molecule has 0 aliphatic carbocycles. The summed E-state index contributed by atoms with van der Waals surface area (Å²) >= 11 is 0. The van der Waals surface area contributed by atoms with E-state index in [0.29, 0.717) is 13.0 Å². The van der Waals surface area contributed by atoms with Crippen molar-refractivity contribution in [1.82, 2.24) is 4.90 Å². The second-order valence-corrected chi connectivity index (χ2v) is 6.72. The lowest BCUT2D eigenvalue weighted by Gasteiger charge is -2.21. The van der Waals surface area contributed by atoms with Gasteiger partial charge in [0.05, 0.1) is 6.04 Å². The van der Waals surface area contributed by atoms with Crippen LogP contribution in [0.3, 0.4) is 0 Å². The molecule has 0 aliphatic heterocycles. The van der Waals surface area contributed by atoms with Crippen LogP contribution in [0.1, 0.15) is 26.3 Å². The topological polar surface area (TPSA) is 55.6 Å². The van der Waals surface area contributed by atoms with Crippen LogP contribution in [0.4, 0.5) is 0 Å². The molecule has 0 fully saturated rings. The Morgan fingerprint density at radius 1 is 1.24 bits per heavy atom. The maximum absolute atomic E-state index is 12.1. The molecule has 1 aromatic carbocycles. The highest BCUT2D eigenvalue weighted by Crippen LogP contribution is 2.19. The number of Topliss-reactive ketones (excluding diaryl/α,β-unsaturated/α-hetero) is 1. The highest BCUT2D eigenvalue weighted by molar-refractivity contribution is 5.88. The molecule has 1 rings (SSSR count). The smallest absolute Gasteiger partial charge is 0.155 e. The number of hydrogen-bond acceptors (Lipinski definition) is 4. The number of ether oxygens (including phenoxy) is 1. The van der Waals surface area contributed by atoms with Crippen molar-refractivity contribution >= 4 is 5.78 Å². The largest absolute Gasteiger partial charge is 0.492 e. The second kappa shape index (κ2) is 7.57. The van der Waals surface area contributed by atoms with Gasteiger partial charge in [0.25, 0.3) is 0 Å². The first-order chi connectivity index (χ1) is 9.70. The summed E-state index contributed by atoms with van der Waals surface area (Å²) in [6, 6.07) is 7.35. The van der Waals surface area contributed by atoms with Crippen molar-refractivity contribution in [2.75, 3.05) is 27.2 Å². The first-order valence-corrected chi connectivity index (χ1v) is 7.36. The van der Waals surface area contributed by atoms with Crippen LogP contribution in [-0.4, -0.2) is 44.0 Å². The summed E-state index contributed by atoms with van der Waals surface area (Å²) in [5.74, 6) is 0.935. The Labute approximate surface area is 128 Å². The molecule has 0 aliphatic rings. The summed E-state index contributed by atoms with van der Waals surface area (Å²) in [5, 5.41) is 0. The molecule has 0 saturated carbocycles. The number of hydrogen-bond donors (Lipinski definition) is 1. The van der Waals surface area contributed by atoms with E-state index in [9.17, 15) is 4.79 Å². The third-order valence-electron chi connectivity index (χ3n) is 3.26. The fourth-order valence-corrected chi connectivity index (χ4v) is 1.97. The van der Waals surface area contributed by atoms with Gasteiger partial charge in [0, 0.05) is 12.0 Å². The Hall–Kier alpha value is -1.39. The van der Waals surface area contributed by atoms with E-state index in [4.69, 9.17) is 10.5 Å². The molecule has 1 unspecified atom stereocenters. The summed E-state index contributed by atoms with van der Waals surface area (Å²) in [6.07, 6.45) is 0.564. The molecule has 0 radical (unpaired) electrons. The predicted octanol–water partition coefficient (Wildman–Crippen LogP) is 2.11. The lowest BCUT2D eigenvalue weighted by atomic mass is 9.85. The number of nitrogens with zero attached hydrogens (tertiary/aromatic N) is 1. The molecule has 118 valence electrons. The quantitative estimate of drug-likeness (QED) is 0.836. The number of nitrogens with two attached hydrogens (primary N) is 1. The molecular formula is C17H28N2O2. The molecule has 1 atom stereocenters. The standard InChI is InChI=1S/C17H28N2O2/c1-17(2,3)16(20)15(18)12-13-6-8-14(9-7-13)21-11-10-19(4)5/h6-9,15H,10-12,18H2,1-5H3. The molecule has 0 heterocycles. The van der Waals surface area contributed by atoms with E-state index in [-0.39, 0.29) is 5.78 Å². The fraction of sp³-hybridized carbons (Fsp3) is 0.588. The van der Waals surface area contributed by atoms with E-state index >= 15 is 0 Å². The van der Waals surface area contributed by atoms with E-state index in [1.54, 1.807) is 0 Å². The molecule has 0 aromatic heterocycles. The molecule has 2 N–H and O–H groups in total. The lowest BCUT2D eigenvalue weighted by molar-refractivity contribution is -0.127. The summed E-state index contributed by atoms with van der Waals surface area (Å²) < 4.78 is 5.64. The van der Waals surface area contributed by atoms with Gasteiger partial charge < -0.3 is 15.4 Å². The van der Waals surface area contributed by atoms with Crippen molar-refractivity contribution in [3.05, 3.63) is 29.8 Å². The average Bonchev–Trinajstić information content (AvgIpc) is 2.38. The average molecular weight is 292 g/mol. The third kappa shape index (κ3) is 6.27. The SMILES string of the molecule is CN(C)CCOc1ccc(CC(N)C(=O)C(C)(C)C)cc1. The van der Waals surface area contributed by atoms with Crippen molar-refractivity contribution in [2.24, 2.45) is 11.1 Å². The maximum atomic E-state index is 12.1. The molecule has 0 amide bonds. The van der Waals surface area contributed by atoms with E-state index in [0.717, 1.165) is 17.9 Å². The Morgan fingerprint density at radius 3 is 2.29 bits per heavy atom. The number of benzene rings is 1. The summed E-state index contributed by atoms with van der Waals surface area (Å²) in [6.45, 7) is 7.24. The van der Waals surface area contributed by atoms with Crippen LogP contribution in [0.25, 0.3) is 0 Å².